The minimum absolute atomic E-state index is 0.193. The number of hydrogen-bond donors (Lipinski definition) is 0. The Hall–Kier alpha value is -0.960. The second-order valence-electron chi connectivity index (χ2n) is 4.63. The van der Waals surface area contributed by atoms with Crippen molar-refractivity contribution in [3.8, 4) is 0 Å². The fraction of sp³-hybridized carbons (Fsp3) is 0.500. The van der Waals surface area contributed by atoms with Gasteiger partial charge in [-0.2, -0.15) is 0 Å². The van der Waals surface area contributed by atoms with Gasteiger partial charge in [-0.3, -0.25) is 0 Å². The van der Waals surface area contributed by atoms with Crippen LogP contribution in [0.25, 0.3) is 0 Å². The highest BCUT2D eigenvalue weighted by molar-refractivity contribution is 7.80. The van der Waals surface area contributed by atoms with Crippen molar-refractivity contribution in [1.29, 1.82) is 0 Å². The lowest BCUT2D eigenvalue weighted by Crippen LogP contribution is -2.29. The SMILES string of the molecule is CCN(Cc1ccc(F)cc1)C(=S)CC(C)C. The van der Waals surface area contributed by atoms with Gasteiger partial charge in [-0.05, 0) is 30.5 Å². The van der Waals surface area contributed by atoms with Crippen LogP contribution in [0.3, 0.4) is 0 Å². The van der Waals surface area contributed by atoms with Gasteiger partial charge < -0.3 is 4.90 Å². The van der Waals surface area contributed by atoms with Crippen molar-refractivity contribution >= 4 is 17.2 Å². The van der Waals surface area contributed by atoms with Crippen LogP contribution in [0.15, 0.2) is 24.3 Å². The lowest BCUT2D eigenvalue weighted by atomic mass is 10.1. The summed E-state index contributed by atoms with van der Waals surface area (Å²) in [6.07, 6.45) is 0.935. The number of benzene rings is 1. The van der Waals surface area contributed by atoms with E-state index in [1.807, 2.05) is 12.1 Å². The van der Waals surface area contributed by atoms with Gasteiger partial charge in [0.15, 0.2) is 0 Å². The molecule has 0 aliphatic carbocycles. The number of halogens is 1. The zero-order valence-electron chi connectivity index (χ0n) is 10.7. The van der Waals surface area contributed by atoms with Gasteiger partial charge in [-0.1, -0.05) is 38.2 Å². The van der Waals surface area contributed by atoms with Gasteiger partial charge in [-0.15, -0.1) is 0 Å². The quantitative estimate of drug-likeness (QED) is 0.729. The minimum Gasteiger partial charge on any atom is -0.362 e. The number of thiocarbonyl (C=S) groups is 1. The van der Waals surface area contributed by atoms with Crippen molar-refractivity contribution in [2.24, 2.45) is 5.92 Å². The molecule has 0 saturated heterocycles. The Bertz CT molecular complexity index is 359. The van der Waals surface area contributed by atoms with Crippen LogP contribution in [0.2, 0.25) is 0 Å². The Morgan fingerprint density at radius 2 is 1.88 bits per heavy atom. The molecule has 0 N–H and O–H groups in total. The first-order valence-electron chi connectivity index (χ1n) is 6.05. The highest BCUT2D eigenvalue weighted by atomic mass is 32.1. The Balaban J connectivity index is 2.63. The number of rotatable bonds is 5. The van der Waals surface area contributed by atoms with E-state index < -0.39 is 0 Å². The van der Waals surface area contributed by atoms with Gasteiger partial charge in [0, 0.05) is 19.5 Å². The summed E-state index contributed by atoms with van der Waals surface area (Å²) in [5, 5.41) is 0. The third-order valence-corrected chi connectivity index (χ3v) is 3.03. The van der Waals surface area contributed by atoms with Gasteiger partial charge in [0.1, 0.15) is 5.82 Å². The van der Waals surface area contributed by atoms with Crippen LogP contribution in [-0.2, 0) is 6.54 Å². The molecule has 0 bridgehead atoms. The molecular weight excluding hydrogens is 233 g/mol. The molecule has 17 heavy (non-hydrogen) atoms. The van der Waals surface area contributed by atoms with E-state index in [4.69, 9.17) is 12.2 Å². The number of nitrogens with zero attached hydrogens (tertiary/aromatic N) is 1. The Morgan fingerprint density at radius 1 is 1.29 bits per heavy atom. The van der Waals surface area contributed by atoms with Crippen LogP contribution in [-0.4, -0.2) is 16.4 Å². The molecule has 0 unspecified atom stereocenters. The summed E-state index contributed by atoms with van der Waals surface area (Å²) in [5.74, 6) is 0.381. The zero-order chi connectivity index (χ0) is 12.8. The Kier molecular flexibility index (Phi) is 5.56. The topological polar surface area (TPSA) is 3.24 Å². The first-order valence-corrected chi connectivity index (χ1v) is 6.46. The monoisotopic (exact) mass is 253 g/mol. The van der Waals surface area contributed by atoms with E-state index in [0.717, 1.165) is 30.1 Å². The highest BCUT2D eigenvalue weighted by Crippen LogP contribution is 2.11. The molecule has 94 valence electrons. The first-order chi connectivity index (χ1) is 8.02. The smallest absolute Gasteiger partial charge is 0.123 e. The van der Waals surface area contributed by atoms with Crippen molar-refractivity contribution in [2.75, 3.05) is 6.54 Å². The van der Waals surface area contributed by atoms with Gasteiger partial charge in [-0.25, -0.2) is 4.39 Å². The molecule has 0 fully saturated rings. The summed E-state index contributed by atoms with van der Waals surface area (Å²) < 4.78 is 12.8. The molecule has 0 saturated carbocycles. The molecule has 1 nitrogen and oxygen atoms in total. The van der Waals surface area contributed by atoms with Crippen molar-refractivity contribution < 1.29 is 4.39 Å². The number of hydrogen-bond acceptors (Lipinski definition) is 1. The summed E-state index contributed by atoms with van der Waals surface area (Å²) >= 11 is 5.43. The maximum Gasteiger partial charge on any atom is 0.123 e. The zero-order valence-corrected chi connectivity index (χ0v) is 11.6. The molecular formula is C14H20FNS. The second kappa shape index (κ2) is 6.70. The van der Waals surface area contributed by atoms with E-state index >= 15 is 0 Å². The highest BCUT2D eigenvalue weighted by Gasteiger charge is 2.09. The minimum atomic E-state index is -0.193. The normalized spacial score (nSPS) is 10.6. The Labute approximate surface area is 109 Å². The van der Waals surface area contributed by atoms with E-state index in [1.54, 1.807) is 0 Å². The molecule has 0 aliphatic heterocycles. The summed E-state index contributed by atoms with van der Waals surface area (Å²) in [6.45, 7) is 8.08. The van der Waals surface area contributed by atoms with Crippen LogP contribution < -0.4 is 0 Å². The van der Waals surface area contributed by atoms with E-state index in [-0.39, 0.29) is 5.82 Å². The van der Waals surface area contributed by atoms with Gasteiger partial charge >= 0.3 is 0 Å². The van der Waals surface area contributed by atoms with Crippen LogP contribution in [0, 0.1) is 11.7 Å². The molecule has 0 radical (unpaired) electrons. The fourth-order valence-corrected chi connectivity index (χ4v) is 2.19. The third kappa shape index (κ3) is 4.82. The van der Waals surface area contributed by atoms with Crippen molar-refractivity contribution in [2.45, 2.75) is 33.7 Å². The van der Waals surface area contributed by atoms with Crippen LogP contribution in [0.5, 0.6) is 0 Å². The largest absolute Gasteiger partial charge is 0.362 e. The molecule has 1 aromatic carbocycles. The van der Waals surface area contributed by atoms with E-state index in [2.05, 4.69) is 25.7 Å². The van der Waals surface area contributed by atoms with Crippen LogP contribution in [0.4, 0.5) is 4.39 Å². The lowest BCUT2D eigenvalue weighted by Gasteiger charge is -2.24. The average Bonchev–Trinajstić information content (AvgIpc) is 2.27. The maximum absolute atomic E-state index is 12.8. The third-order valence-electron chi connectivity index (χ3n) is 2.60. The fourth-order valence-electron chi connectivity index (χ4n) is 1.66. The van der Waals surface area contributed by atoms with Crippen LogP contribution >= 0.6 is 12.2 Å². The molecule has 1 rings (SSSR count). The van der Waals surface area contributed by atoms with E-state index in [1.165, 1.54) is 12.1 Å². The van der Waals surface area contributed by atoms with Crippen LogP contribution in [0.1, 0.15) is 32.8 Å². The van der Waals surface area contributed by atoms with Crippen molar-refractivity contribution in [3.63, 3.8) is 0 Å². The lowest BCUT2D eigenvalue weighted by molar-refractivity contribution is 0.425. The summed E-state index contributed by atoms with van der Waals surface area (Å²) in [4.78, 5) is 3.16. The standard InChI is InChI=1S/C14H20FNS/c1-4-16(14(17)9-11(2)3)10-12-5-7-13(15)8-6-12/h5-8,11H,4,9-10H2,1-3H3. The summed E-state index contributed by atoms with van der Waals surface area (Å²) in [5.41, 5.74) is 1.10. The molecule has 0 amide bonds. The average molecular weight is 253 g/mol. The molecule has 0 heterocycles. The van der Waals surface area contributed by atoms with Gasteiger partial charge in [0.2, 0.25) is 0 Å². The maximum atomic E-state index is 12.8. The second-order valence-corrected chi connectivity index (χ2v) is 5.10. The van der Waals surface area contributed by atoms with Gasteiger partial charge in [0.05, 0.1) is 4.99 Å². The first kappa shape index (κ1) is 14.1. The predicted molar refractivity (Wildman–Crippen MR) is 74.5 cm³/mol. The summed E-state index contributed by atoms with van der Waals surface area (Å²) in [6, 6.07) is 6.62. The molecule has 0 atom stereocenters. The molecule has 3 heteroatoms. The predicted octanol–water partition coefficient (Wildman–Crippen LogP) is 4.02. The summed E-state index contributed by atoms with van der Waals surface area (Å²) in [7, 11) is 0. The van der Waals surface area contributed by atoms with Crippen molar-refractivity contribution in [1.82, 2.24) is 4.90 Å². The molecule has 0 spiro atoms. The van der Waals surface area contributed by atoms with E-state index in [0.29, 0.717) is 5.92 Å². The van der Waals surface area contributed by atoms with Crippen molar-refractivity contribution in [3.05, 3.63) is 35.6 Å². The molecule has 1 aromatic rings. The molecule has 0 aromatic heterocycles. The Morgan fingerprint density at radius 3 is 2.35 bits per heavy atom. The molecule has 0 aliphatic rings. The van der Waals surface area contributed by atoms with Gasteiger partial charge in [0.25, 0.3) is 0 Å². The van der Waals surface area contributed by atoms with E-state index in [9.17, 15) is 4.39 Å².